The summed E-state index contributed by atoms with van der Waals surface area (Å²) in [5.74, 6) is 0.520. The minimum atomic E-state index is -1.41. The van der Waals surface area contributed by atoms with Crippen LogP contribution in [0.3, 0.4) is 0 Å². The Balaban J connectivity index is 1.82. The van der Waals surface area contributed by atoms with E-state index < -0.39 is 34.8 Å². The molecule has 8 heteroatoms. The average Bonchev–Trinajstić information content (AvgIpc) is 2.81. The van der Waals surface area contributed by atoms with E-state index >= 15 is 0 Å². The van der Waals surface area contributed by atoms with E-state index in [1.807, 2.05) is 37.3 Å². The standard InChI is InChI=1S/C25H22F2N2O4/c1-3-20-15(2)22(33-14-16-7-5-4-6-8-16)10-9-21(20)24(31)29(28)25(32)23(30)17-11-18(26)13-19(27)12-17/h4-13H,3,14,28H2,1-2H3. The summed E-state index contributed by atoms with van der Waals surface area (Å²) in [5, 5.41) is 0.156. The number of carbonyl (C=O) groups excluding carboxylic acids is 3. The lowest BCUT2D eigenvalue weighted by molar-refractivity contribution is -0.124. The number of amides is 2. The highest BCUT2D eigenvalue weighted by atomic mass is 19.1. The number of hydrogen-bond acceptors (Lipinski definition) is 5. The normalized spacial score (nSPS) is 10.6. The number of imide groups is 1. The number of carbonyl (C=O) groups is 3. The van der Waals surface area contributed by atoms with Crippen LogP contribution in [0.25, 0.3) is 0 Å². The largest absolute Gasteiger partial charge is 0.489 e. The van der Waals surface area contributed by atoms with Gasteiger partial charge in [0.2, 0.25) is 0 Å². The first kappa shape index (κ1) is 23.7. The van der Waals surface area contributed by atoms with Gasteiger partial charge < -0.3 is 4.74 Å². The van der Waals surface area contributed by atoms with E-state index in [-0.39, 0.29) is 10.6 Å². The highest BCUT2D eigenvalue weighted by molar-refractivity contribution is 6.45. The number of halogens is 2. The molecule has 3 rings (SSSR count). The van der Waals surface area contributed by atoms with Crippen LogP contribution in [0, 0.1) is 18.6 Å². The smallest absolute Gasteiger partial charge is 0.316 e. The van der Waals surface area contributed by atoms with Gasteiger partial charge in [-0.1, -0.05) is 37.3 Å². The molecule has 3 aromatic rings. The van der Waals surface area contributed by atoms with Crippen LogP contribution in [0.5, 0.6) is 5.75 Å². The molecule has 6 nitrogen and oxygen atoms in total. The lowest BCUT2D eigenvalue weighted by Gasteiger charge is -2.19. The van der Waals surface area contributed by atoms with Crippen LogP contribution >= 0.6 is 0 Å². The predicted molar refractivity (Wildman–Crippen MR) is 117 cm³/mol. The maximum absolute atomic E-state index is 13.4. The van der Waals surface area contributed by atoms with E-state index in [0.29, 0.717) is 48.1 Å². The molecule has 0 aliphatic heterocycles. The number of hydrogen-bond donors (Lipinski definition) is 1. The van der Waals surface area contributed by atoms with Crippen molar-refractivity contribution in [3.63, 3.8) is 0 Å². The number of nitrogens with zero attached hydrogens (tertiary/aromatic N) is 1. The van der Waals surface area contributed by atoms with Crippen LogP contribution in [0.2, 0.25) is 0 Å². The molecule has 0 fully saturated rings. The topological polar surface area (TPSA) is 89.7 Å². The summed E-state index contributed by atoms with van der Waals surface area (Å²) in [5.41, 5.74) is 1.84. The Kier molecular flexibility index (Phi) is 7.30. The SMILES string of the molecule is CCc1c(C(=O)N(N)C(=O)C(=O)c2cc(F)cc(F)c2)ccc(OCc2ccccc2)c1C. The molecule has 0 unspecified atom stereocenters. The number of ketones is 1. The van der Waals surface area contributed by atoms with E-state index in [4.69, 9.17) is 10.6 Å². The van der Waals surface area contributed by atoms with Crippen molar-refractivity contribution >= 4 is 17.6 Å². The predicted octanol–water partition coefficient (Wildman–Crippen LogP) is 4.14. The van der Waals surface area contributed by atoms with Crippen molar-refractivity contribution in [2.75, 3.05) is 0 Å². The van der Waals surface area contributed by atoms with E-state index in [1.165, 1.54) is 6.07 Å². The van der Waals surface area contributed by atoms with Crippen LogP contribution in [0.4, 0.5) is 8.78 Å². The molecule has 0 aromatic heterocycles. The van der Waals surface area contributed by atoms with Crippen molar-refractivity contribution < 1.29 is 27.9 Å². The molecular weight excluding hydrogens is 430 g/mol. The Labute approximate surface area is 189 Å². The Morgan fingerprint density at radius 1 is 0.970 bits per heavy atom. The van der Waals surface area contributed by atoms with Gasteiger partial charge in [0.25, 0.3) is 11.7 Å². The second-order valence-corrected chi connectivity index (χ2v) is 7.31. The Hall–Kier alpha value is -3.91. The number of hydrazine groups is 1. The molecule has 3 aromatic carbocycles. The van der Waals surface area contributed by atoms with Gasteiger partial charge in [0.1, 0.15) is 24.0 Å². The zero-order valence-corrected chi connectivity index (χ0v) is 18.1. The highest BCUT2D eigenvalue weighted by Gasteiger charge is 2.29. The Bertz CT molecular complexity index is 1190. The average molecular weight is 452 g/mol. The molecule has 0 atom stereocenters. The molecule has 0 aliphatic carbocycles. The van der Waals surface area contributed by atoms with Crippen molar-refractivity contribution in [3.8, 4) is 5.75 Å². The fourth-order valence-corrected chi connectivity index (χ4v) is 3.42. The number of rotatable bonds is 7. The molecule has 0 heterocycles. The number of benzene rings is 3. The quantitative estimate of drug-likeness (QED) is 0.191. The van der Waals surface area contributed by atoms with Crippen LogP contribution in [0.1, 0.15) is 44.3 Å². The molecule has 0 aliphatic rings. The summed E-state index contributed by atoms with van der Waals surface area (Å²) in [6.07, 6.45) is 0.431. The van der Waals surface area contributed by atoms with Gasteiger partial charge in [-0.05, 0) is 54.3 Å². The van der Waals surface area contributed by atoms with Gasteiger partial charge in [-0.2, -0.15) is 0 Å². The molecule has 0 saturated carbocycles. The van der Waals surface area contributed by atoms with Crippen molar-refractivity contribution in [2.24, 2.45) is 5.84 Å². The second kappa shape index (κ2) is 10.1. The van der Waals surface area contributed by atoms with Crippen molar-refractivity contribution in [3.05, 3.63) is 100 Å². The molecule has 2 amide bonds. The third-order valence-corrected chi connectivity index (χ3v) is 5.13. The lowest BCUT2D eigenvalue weighted by atomic mass is 9.97. The summed E-state index contributed by atoms with van der Waals surface area (Å²) in [6.45, 7) is 3.93. The first-order valence-electron chi connectivity index (χ1n) is 10.2. The molecule has 33 heavy (non-hydrogen) atoms. The third-order valence-electron chi connectivity index (χ3n) is 5.13. The van der Waals surface area contributed by atoms with Gasteiger partial charge in [-0.15, -0.1) is 0 Å². The zero-order valence-electron chi connectivity index (χ0n) is 18.1. The van der Waals surface area contributed by atoms with Gasteiger partial charge in [-0.25, -0.2) is 19.6 Å². The molecule has 2 N–H and O–H groups in total. The lowest BCUT2D eigenvalue weighted by Crippen LogP contribution is -2.46. The summed E-state index contributed by atoms with van der Waals surface area (Å²) in [4.78, 5) is 37.7. The second-order valence-electron chi connectivity index (χ2n) is 7.31. The summed E-state index contributed by atoms with van der Waals surface area (Å²) < 4.78 is 32.7. The summed E-state index contributed by atoms with van der Waals surface area (Å²) in [7, 11) is 0. The Morgan fingerprint density at radius 3 is 2.21 bits per heavy atom. The summed E-state index contributed by atoms with van der Waals surface area (Å²) >= 11 is 0. The Morgan fingerprint density at radius 2 is 1.61 bits per heavy atom. The number of Topliss-reactive ketones (excluding diaryl/α,β-unsaturated/α-hetero) is 1. The van der Waals surface area contributed by atoms with E-state index in [0.717, 1.165) is 5.56 Å². The highest BCUT2D eigenvalue weighted by Crippen LogP contribution is 2.27. The van der Waals surface area contributed by atoms with Crippen molar-refractivity contribution in [2.45, 2.75) is 26.9 Å². The van der Waals surface area contributed by atoms with Gasteiger partial charge in [0.15, 0.2) is 0 Å². The van der Waals surface area contributed by atoms with Crippen LogP contribution < -0.4 is 10.6 Å². The van der Waals surface area contributed by atoms with Crippen LogP contribution in [0.15, 0.2) is 60.7 Å². The molecule has 0 radical (unpaired) electrons. The fourth-order valence-electron chi connectivity index (χ4n) is 3.42. The molecular formula is C25H22F2N2O4. The first-order chi connectivity index (χ1) is 15.7. The van der Waals surface area contributed by atoms with E-state index in [9.17, 15) is 23.2 Å². The monoisotopic (exact) mass is 452 g/mol. The maximum atomic E-state index is 13.4. The number of ether oxygens (including phenoxy) is 1. The zero-order chi connectivity index (χ0) is 24.1. The molecule has 0 saturated heterocycles. The van der Waals surface area contributed by atoms with Crippen molar-refractivity contribution in [1.82, 2.24) is 5.01 Å². The fraction of sp³-hybridized carbons (Fsp3) is 0.160. The van der Waals surface area contributed by atoms with Gasteiger partial charge >= 0.3 is 5.91 Å². The first-order valence-corrected chi connectivity index (χ1v) is 10.2. The third kappa shape index (κ3) is 5.30. The minimum Gasteiger partial charge on any atom is -0.489 e. The van der Waals surface area contributed by atoms with E-state index in [2.05, 4.69) is 0 Å². The molecule has 170 valence electrons. The van der Waals surface area contributed by atoms with E-state index in [1.54, 1.807) is 13.0 Å². The van der Waals surface area contributed by atoms with Gasteiger partial charge in [0, 0.05) is 17.2 Å². The number of nitrogens with two attached hydrogens (primary N) is 1. The molecule has 0 spiro atoms. The van der Waals surface area contributed by atoms with Gasteiger partial charge in [-0.3, -0.25) is 14.4 Å². The maximum Gasteiger partial charge on any atom is 0.316 e. The minimum absolute atomic E-state index is 0.121. The van der Waals surface area contributed by atoms with Gasteiger partial charge in [0.05, 0.1) is 0 Å². The van der Waals surface area contributed by atoms with Crippen LogP contribution in [-0.4, -0.2) is 22.6 Å². The van der Waals surface area contributed by atoms with Crippen LogP contribution in [-0.2, 0) is 17.8 Å². The molecule has 0 bridgehead atoms. The summed E-state index contributed by atoms with van der Waals surface area (Å²) in [6, 6.07) is 14.6. The van der Waals surface area contributed by atoms with Crippen molar-refractivity contribution in [1.29, 1.82) is 0 Å².